The molecule has 1 rings (SSSR count). The van der Waals surface area contributed by atoms with Crippen LogP contribution in [0.25, 0.3) is 0 Å². The Morgan fingerprint density at radius 3 is 2.44 bits per heavy atom. The normalized spacial score (nSPS) is 15.1. The Balaban J connectivity index is 2.53. The van der Waals surface area contributed by atoms with Gasteiger partial charge in [-0.2, -0.15) is 0 Å². The van der Waals surface area contributed by atoms with Gasteiger partial charge >= 0.3 is 0 Å². The molecule has 3 heteroatoms. The summed E-state index contributed by atoms with van der Waals surface area (Å²) in [7, 11) is 0. The van der Waals surface area contributed by atoms with Crippen molar-refractivity contribution in [2.24, 2.45) is 5.92 Å². The molecule has 1 aromatic rings. The van der Waals surface area contributed by atoms with Crippen molar-refractivity contribution in [3.8, 4) is 0 Å². The number of halogens is 1. The van der Waals surface area contributed by atoms with Gasteiger partial charge in [-0.15, -0.1) is 0 Å². The van der Waals surface area contributed by atoms with Crippen LogP contribution in [0.5, 0.6) is 0 Å². The van der Waals surface area contributed by atoms with Gasteiger partial charge in [-0.25, -0.2) is 4.39 Å². The maximum Gasteiger partial charge on any atom is 0.129 e. The quantitative estimate of drug-likeness (QED) is 0.836. The van der Waals surface area contributed by atoms with Crippen LogP contribution in [0.1, 0.15) is 32.4 Å². The minimum atomic E-state index is -0.901. The number of hydrogen-bond acceptors (Lipinski definition) is 2. The molecule has 0 bridgehead atoms. The van der Waals surface area contributed by atoms with Crippen LogP contribution in [0, 0.1) is 11.7 Å². The second kappa shape index (κ2) is 5.97. The van der Waals surface area contributed by atoms with E-state index < -0.39 is 11.9 Å². The highest BCUT2D eigenvalue weighted by molar-refractivity contribution is 5.19. The zero-order valence-electron chi connectivity index (χ0n) is 9.98. The van der Waals surface area contributed by atoms with E-state index in [0.29, 0.717) is 11.5 Å². The van der Waals surface area contributed by atoms with Crippen molar-refractivity contribution < 1.29 is 14.2 Å². The van der Waals surface area contributed by atoms with E-state index >= 15 is 0 Å². The molecule has 0 saturated heterocycles. The third kappa shape index (κ3) is 3.58. The van der Waals surface area contributed by atoms with E-state index in [-0.39, 0.29) is 12.7 Å². The maximum atomic E-state index is 13.3. The van der Waals surface area contributed by atoms with Gasteiger partial charge in [0.2, 0.25) is 0 Å². The van der Waals surface area contributed by atoms with Gasteiger partial charge in [-0.05, 0) is 18.9 Å². The second-order valence-electron chi connectivity index (χ2n) is 4.32. The molecule has 0 fully saturated rings. The van der Waals surface area contributed by atoms with Gasteiger partial charge in [-0.1, -0.05) is 32.0 Å². The molecule has 1 N–H and O–H groups in total. The highest BCUT2D eigenvalue weighted by Gasteiger charge is 2.15. The van der Waals surface area contributed by atoms with Crippen LogP contribution in [0.4, 0.5) is 4.39 Å². The van der Waals surface area contributed by atoms with E-state index in [2.05, 4.69) is 0 Å². The molecule has 2 unspecified atom stereocenters. The number of ether oxygens (including phenoxy) is 1. The average molecular weight is 226 g/mol. The van der Waals surface area contributed by atoms with Crippen molar-refractivity contribution in [1.29, 1.82) is 0 Å². The fraction of sp³-hybridized carbons (Fsp3) is 0.538. The molecule has 0 radical (unpaired) electrons. The Morgan fingerprint density at radius 1 is 1.25 bits per heavy atom. The van der Waals surface area contributed by atoms with E-state index in [9.17, 15) is 9.50 Å². The molecule has 2 nitrogen and oxygen atoms in total. The number of hydrogen-bond donors (Lipinski definition) is 1. The first-order chi connectivity index (χ1) is 7.52. The minimum Gasteiger partial charge on any atom is -0.386 e. The summed E-state index contributed by atoms with van der Waals surface area (Å²) >= 11 is 0. The Labute approximate surface area is 96.1 Å². The van der Waals surface area contributed by atoms with Gasteiger partial charge in [0.25, 0.3) is 0 Å². The lowest BCUT2D eigenvalue weighted by Crippen LogP contribution is -2.19. The summed E-state index contributed by atoms with van der Waals surface area (Å²) in [5.41, 5.74) is 0.290. The lowest BCUT2D eigenvalue weighted by Gasteiger charge is -2.19. The zero-order valence-corrected chi connectivity index (χ0v) is 9.98. The fourth-order valence-corrected chi connectivity index (χ4v) is 1.27. The van der Waals surface area contributed by atoms with E-state index in [1.54, 1.807) is 18.2 Å². The van der Waals surface area contributed by atoms with Crippen molar-refractivity contribution in [1.82, 2.24) is 0 Å². The summed E-state index contributed by atoms with van der Waals surface area (Å²) in [5, 5.41) is 9.77. The highest BCUT2D eigenvalue weighted by atomic mass is 19.1. The summed E-state index contributed by atoms with van der Waals surface area (Å²) < 4.78 is 18.8. The van der Waals surface area contributed by atoms with Gasteiger partial charge in [0.1, 0.15) is 11.9 Å². The molecule has 0 saturated carbocycles. The van der Waals surface area contributed by atoms with Crippen LogP contribution in [0.2, 0.25) is 0 Å². The first-order valence-electron chi connectivity index (χ1n) is 5.56. The molecule has 0 amide bonds. The lowest BCUT2D eigenvalue weighted by atomic mass is 10.1. The molecule has 90 valence electrons. The van der Waals surface area contributed by atoms with E-state index in [0.717, 1.165) is 0 Å². The van der Waals surface area contributed by atoms with E-state index in [4.69, 9.17) is 4.74 Å². The van der Waals surface area contributed by atoms with Crippen LogP contribution >= 0.6 is 0 Å². The molecule has 0 aliphatic rings. The Hall–Kier alpha value is -0.930. The maximum absolute atomic E-state index is 13.3. The molecular formula is C13H19FO2. The average Bonchev–Trinajstić information content (AvgIpc) is 2.25. The van der Waals surface area contributed by atoms with Crippen molar-refractivity contribution in [3.05, 3.63) is 35.6 Å². The second-order valence-corrected chi connectivity index (χ2v) is 4.32. The molecular weight excluding hydrogens is 207 g/mol. The predicted octanol–water partition coefficient (Wildman–Crippen LogP) is 2.92. The smallest absolute Gasteiger partial charge is 0.129 e. The van der Waals surface area contributed by atoms with Crippen LogP contribution in [0.15, 0.2) is 24.3 Å². The van der Waals surface area contributed by atoms with Gasteiger partial charge < -0.3 is 9.84 Å². The molecule has 0 aliphatic heterocycles. The highest BCUT2D eigenvalue weighted by Crippen LogP contribution is 2.18. The Morgan fingerprint density at radius 2 is 1.88 bits per heavy atom. The summed E-state index contributed by atoms with van der Waals surface area (Å²) in [6, 6.07) is 6.21. The monoisotopic (exact) mass is 226 g/mol. The number of aliphatic hydroxyl groups is 1. The SMILES string of the molecule is CC(C)C(C)OCC(O)c1ccccc1F. The van der Waals surface area contributed by atoms with Gasteiger partial charge in [0.05, 0.1) is 12.7 Å². The molecule has 2 atom stereocenters. The summed E-state index contributed by atoms with van der Waals surface area (Å²) in [4.78, 5) is 0. The fourth-order valence-electron chi connectivity index (χ4n) is 1.27. The predicted molar refractivity (Wildman–Crippen MR) is 61.6 cm³/mol. The molecule has 0 aromatic heterocycles. The largest absolute Gasteiger partial charge is 0.386 e. The third-order valence-corrected chi connectivity index (χ3v) is 2.72. The first-order valence-corrected chi connectivity index (χ1v) is 5.56. The zero-order chi connectivity index (χ0) is 12.1. The molecule has 0 spiro atoms. The number of rotatable bonds is 5. The van der Waals surface area contributed by atoms with Crippen molar-refractivity contribution >= 4 is 0 Å². The van der Waals surface area contributed by atoms with Crippen LogP contribution in [-0.2, 0) is 4.74 Å². The third-order valence-electron chi connectivity index (χ3n) is 2.72. The van der Waals surface area contributed by atoms with Crippen LogP contribution in [-0.4, -0.2) is 17.8 Å². The van der Waals surface area contributed by atoms with Gasteiger partial charge in [-0.3, -0.25) is 0 Å². The lowest BCUT2D eigenvalue weighted by molar-refractivity contribution is -0.0216. The van der Waals surface area contributed by atoms with E-state index in [1.807, 2.05) is 20.8 Å². The standard InChI is InChI=1S/C13H19FO2/c1-9(2)10(3)16-8-13(15)11-6-4-5-7-12(11)14/h4-7,9-10,13,15H,8H2,1-3H3. The van der Waals surface area contributed by atoms with Crippen molar-refractivity contribution in [3.63, 3.8) is 0 Å². The van der Waals surface area contributed by atoms with Crippen LogP contribution < -0.4 is 0 Å². The van der Waals surface area contributed by atoms with Crippen LogP contribution in [0.3, 0.4) is 0 Å². The molecule has 0 heterocycles. The minimum absolute atomic E-state index is 0.0569. The summed E-state index contributed by atoms with van der Waals surface area (Å²) in [6.07, 6.45) is -0.844. The van der Waals surface area contributed by atoms with Gasteiger partial charge in [0.15, 0.2) is 0 Å². The Bertz CT molecular complexity index is 325. The molecule has 1 aromatic carbocycles. The number of benzene rings is 1. The van der Waals surface area contributed by atoms with Crippen molar-refractivity contribution in [2.45, 2.75) is 33.0 Å². The van der Waals surface area contributed by atoms with E-state index in [1.165, 1.54) is 6.07 Å². The Kier molecular flexibility index (Phi) is 4.90. The van der Waals surface area contributed by atoms with Crippen molar-refractivity contribution in [2.75, 3.05) is 6.61 Å². The number of aliphatic hydroxyl groups excluding tert-OH is 1. The topological polar surface area (TPSA) is 29.5 Å². The molecule has 16 heavy (non-hydrogen) atoms. The molecule has 0 aliphatic carbocycles. The first kappa shape index (κ1) is 13.1. The summed E-state index contributed by atoms with van der Waals surface area (Å²) in [6.45, 7) is 6.15. The van der Waals surface area contributed by atoms with Gasteiger partial charge in [0, 0.05) is 5.56 Å². The summed E-state index contributed by atoms with van der Waals surface area (Å²) in [5.74, 6) is -0.0105.